The minimum Gasteiger partial charge on any atom is -0.405 e. The van der Waals surface area contributed by atoms with E-state index in [1.165, 1.54) is 12.1 Å². The number of nitrogens with zero attached hydrogens (tertiary/aromatic N) is 4. The van der Waals surface area contributed by atoms with Gasteiger partial charge in [0.1, 0.15) is 11.6 Å². The molecule has 0 unspecified atom stereocenters. The van der Waals surface area contributed by atoms with Crippen LogP contribution in [0.15, 0.2) is 85.1 Å². The molecule has 0 spiro atoms. The first-order valence-electron chi connectivity index (χ1n) is 13.9. The molecule has 0 aliphatic carbocycles. The van der Waals surface area contributed by atoms with Gasteiger partial charge in [0, 0.05) is 43.9 Å². The van der Waals surface area contributed by atoms with E-state index in [9.17, 15) is 18.0 Å². The van der Waals surface area contributed by atoms with E-state index in [0.717, 1.165) is 42.0 Å². The fourth-order valence-corrected chi connectivity index (χ4v) is 5.11. The van der Waals surface area contributed by atoms with E-state index >= 15 is 0 Å². The van der Waals surface area contributed by atoms with Gasteiger partial charge in [-0.3, -0.25) is 9.69 Å². The molecule has 1 saturated heterocycles. The molecule has 0 bridgehead atoms. The molecular weight excluding hydrogens is 555 g/mol. The van der Waals surface area contributed by atoms with E-state index in [2.05, 4.69) is 30.9 Å². The maximum Gasteiger partial charge on any atom is 0.573 e. The van der Waals surface area contributed by atoms with Crippen LogP contribution in [-0.4, -0.2) is 48.3 Å². The number of amides is 1. The molecule has 4 aromatic rings. The normalized spacial score (nSPS) is 14.1. The third-order valence-corrected chi connectivity index (χ3v) is 7.34. The lowest BCUT2D eigenvalue weighted by atomic mass is 9.97. The van der Waals surface area contributed by atoms with E-state index in [1.807, 2.05) is 43.3 Å². The molecule has 1 amide bonds. The van der Waals surface area contributed by atoms with Gasteiger partial charge in [-0.2, -0.15) is 5.26 Å². The highest BCUT2D eigenvalue weighted by atomic mass is 19.4. The van der Waals surface area contributed by atoms with Crippen molar-refractivity contribution in [2.45, 2.75) is 26.3 Å². The monoisotopic (exact) mass is 585 g/mol. The standard InChI is InChI=1S/C33H30F3N5O2/c1-23-7-10-26(19-29(23)25-11-8-24(20-37)9-12-25)32(42)39-28-13-14-31(38-21-28)41-16-4-15-40(17-18-41)22-27-5-2-3-6-30(27)43-33(34,35)36/h2-3,5-14,19,21H,4,15-18,22H2,1H3,(H,39,42). The summed E-state index contributed by atoms with van der Waals surface area (Å²) in [5.74, 6) is 0.329. The SMILES string of the molecule is Cc1ccc(C(=O)Nc2ccc(N3CCCN(Cc4ccccc4OC(F)(F)F)CC3)nc2)cc1-c1ccc(C#N)cc1. The van der Waals surface area contributed by atoms with Crippen LogP contribution >= 0.6 is 0 Å². The van der Waals surface area contributed by atoms with Crippen molar-refractivity contribution in [2.24, 2.45) is 0 Å². The van der Waals surface area contributed by atoms with Gasteiger partial charge in [0.15, 0.2) is 0 Å². The number of ether oxygens (including phenoxy) is 1. The summed E-state index contributed by atoms with van der Waals surface area (Å²) in [4.78, 5) is 21.9. The van der Waals surface area contributed by atoms with Gasteiger partial charge in [-0.05, 0) is 72.5 Å². The predicted molar refractivity (Wildman–Crippen MR) is 159 cm³/mol. The molecule has 2 heterocycles. The third kappa shape index (κ3) is 7.70. The Bertz CT molecular complexity index is 1620. The van der Waals surface area contributed by atoms with Crippen molar-refractivity contribution in [3.05, 3.63) is 107 Å². The molecule has 3 aromatic carbocycles. The second-order valence-corrected chi connectivity index (χ2v) is 10.4. The molecule has 10 heteroatoms. The van der Waals surface area contributed by atoms with Gasteiger partial charge < -0.3 is 15.0 Å². The number of hydrogen-bond donors (Lipinski definition) is 1. The molecule has 0 saturated carbocycles. The Balaban J connectivity index is 1.20. The molecule has 1 fully saturated rings. The zero-order valence-electron chi connectivity index (χ0n) is 23.6. The Morgan fingerprint density at radius 3 is 2.51 bits per heavy atom. The molecule has 220 valence electrons. The van der Waals surface area contributed by atoms with Gasteiger partial charge in [0.05, 0.1) is 23.5 Å². The molecule has 1 aromatic heterocycles. The fourth-order valence-electron chi connectivity index (χ4n) is 5.11. The van der Waals surface area contributed by atoms with Crippen LogP contribution in [-0.2, 0) is 6.54 Å². The first-order valence-corrected chi connectivity index (χ1v) is 13.9. The maximum atomic E-state index is 13.1. The van der Waals surface area contributed by atoms with Crippen molar-refractivity contribution < 1.29 is 22.7 Å². The van der Waals surface area contributed by atoms with E-state index in [0.29, 0.717) is 42.0 Å². The molecular formula is C33H30F3N5O2. The van der Waals surface area contributed by atoms with Crippen molar-refractivity contribution in [3.63, 3.8) is 0 Å². The van der Waals surface area contributed by atoms with Crippen LogP contribution in [0.2, 0.25) is 0 Å². The highest BCUT2D eigenvalue weighted by Crippen LogP contribution is 2.28. The van der Waals surface area contributed by atoms with Gasteiger partial charge in [0.2, 0.25) is 0 Å². The van der Waals surface area contributed by atoms with Crippen LogP contribution < -0.4 is 15.0 Å². The molecule has 1 aliphatic rings. The number of carbonyl (C=O) groups is 1. The number of rotatable bonds is 7. The number of nitrogens with one attached hydrogen (secondary N) is 1. The highest BCUT2D eigenvalue weighted by Gasteiger charge is 2.32. The molecule has 5 rings (SSSR count). The zero-order chi connectivity index (χ0) is 30.4. The average molecular weight is 586 g/mol. The Labute approximate surface area is 248 Å². The van der Waals surface area contributed by atoms with Gasteiger partial charge in [-0.15, -0.1) is 13.2 Å². The Morgan fingerprint density at radius 2 is 1.79 bits per heavy atom. The first kappa shape index (κ1) is 29.6. The van der Waals surface area contributed by atoms with Crippen molar-refractivity contribution in [1.82, 2.24) is 9.88 Å². The lowest BCUT2D eigenvalue weighted by molar-refractivity contribution is -0.275. The molecule has 7 nitrogen and oxygen atoms in total. The summed E-state index contributed by atoms with van der Waals surface area (Å²) in [5.41, 5.74) is 4.98. The van der Waals surface area contributed by atoms with Crippen molar-refractivity contribution in [1.29, 1.82) is 5.26 Å². The number of carbonyl (C=O) groups excluding carboxylic acids is 1. The summed E-state index contributed by atoms with van der Waals surface area (Å²) in [5, 5.41) is 12.0. The van der Waals surface area contributed by atoms with Crippen LogP contribution in [0.25, 0.3) is 11.1 Å². The average Bonchev–Trinajstić information content (AvgIpc) is 3.24. The first-order chi connectivity index (χ1) is 20.7. The molecule has 1 N–H and O–H groups in total. The lowest BCUT2D eigenvalue weighted by Gasteiger charge is -2.23. The molecule has 0 atom stereocenters. The summed E-state index contributed by atoms with van der Waals surface area (Å²) in [7, 11) is 0. The summed E-state index contributed by atoms with van der Waals surface area (Å²) < 4.78 is 42.7. The number of nitriles is 1. The summed E-state index contributed by atoms with van der Waals surface area (Å²) in [6.07, 6.45) is -2.30. The minimum absolute atomic E-state index is 0.175. The number of hydrogen-bond acceptors (Lipinski definition) is 6. The minimum atomic E-state index is -4.74. The number of halogens is 3. The second kappa shape index (κ2) is 13.0. The zero-order valence-corrected chi connectivity index (χ0v) is 23.6. The number of pyridine rings is 1. The quantitative estimate of drug-likeness (QED) is 0.257. The van der Waals surface area contributed by atoms with Crippen LogP contribution in [0.5, 0.6) is 5.75 Å². The number of anilines is 2. The number of benzene rings is 3. The van der Waals surface area contributed by atoms with Crippen LogP contribution in [0.3, 0.4) is 0 Å². The van der Waals surface area contributed by atoms with Crippen LogP contribution in [0, 0.1) is 18.3 Å². The van der Waals surface area contributed by atoms with Crippen molar-refractivity contribution >= 4 is 17.4 Å². The number of aryl methyl sites for hydroxylation is 1. The maximum absolute atomic E-state index is 13.1. The Morgan fingerprint density at radius 1 is 1.00 bits per heavy atom. The highest BCUT2D eigenvalue weighted by molar-refractivity contribution is 6.05. The van der Waals surface area contributed by atoms with E-state index in [-0.39, 0.29) is 11.7 Å². The van der Waals surface area contributed by atoms with Crippen LogP contribution in [0.1, 0.15) is 33.5 Å². The van der Waals surface area contributed by atoms with Gasteiger partial charge in [-0.1, -0.05) is 36.4 Å². The van der Waals surface area contributed by atoms with Crippen LogP contribution in [0.4, 0.5) is 24.7 Å². The predicted octanol–water partition coefficient (Wildman–Crippen LogP) is 6.79. The Kier molecular flexibility index (Phi) is 8.93. The lowest BCUT2D eigenvalue weighted by Crippen LogP contribution is -2.31. The molecule has 43 heavy (non-hydrogen) atoms. The topological polar surface area (TPSA) is 81.5 Å². The number of aromatic nitrogens is 1. The second-order valence-electron chi connectivity index (χ2n) is 10.4. The smallest absolute Gasteiger partial charge is 0.405 e. The van der Waals surface area contributed by atoms with E-state index in [4.69, 9.17) is 5.26 Å². The summed E-state index contributed by atoms with van der Waals surface area (Å²) in [6.45, 7) is 5.10. The summed E-state index contributed by atoms with van der Waals surface area (Å²) in [6, 6.07) is 24.8. The molecule has 0 radical (unpaired) electrons. The number of alkyl halides is 3. The summed E-state index contributed by atoms with van der Waals surface area (Å²) >= 11 is 0. The third-order valence-electron chi connectivity index (χ3n) is 7.34. The van der Waals surface area contributed by atoms with E-state index in [1.54, 1.807) is 36.5 Å². The molecule has 1 aliphatic heterocycles. The Hall–Kier alpha value is -4.88. The number of para-hydroxylation sites is 1. The van der Waals surface area contributed by atoms with Crippen molar-refractivity contribution in [2.75, 3.05) is 36.4 Å². The van der Waals surface area contributed by atoms with Gasteiger partial charge >= 0.3 is 6.36 Å². The van der Waals surface area contributed by atoms with Crippen molar-refractivity contribution in [3.8, 4) is 22.9 Å². The van der Waals surface area contributed by atoms with Gasteiger partial charge in [0.25, 0.3) is 5.91 Å². The fraction of sp³-hybridized carbons (Fsp3) is 0.242. The van der Waals surface area contributed by atoms with Gasteiger partial charge in [-0.25, -0.2) is 4.98 Å². The largest absolute Gasteiger partial charge is 0.573 e. The van der Waals surface area contributed by atoms with E-state index < -0.39 is 6.36 Å².